The Balaban J connectivity index is 0.000000244. The monoisotopic (exact) mass is 435 g/mol. The van der Waals surface area contributed by atoms with Gasteiger partial charge in [-0.15, -0.1) is 0 Å². The van der Waals surface area contributed by atoms with Crippen LogP contribution in [0, 0.1) is 12.3 Å². The van der Waals surface area contributed by atoms with Gasteiger partial charge in [-0.05, 0) is 75.8 Å². The number of aryl methyl sites for hydroxylation is 2. The van der Waals surface area contributed by atoms with Crippen molar-refractivity contribution in [2.24, 2.45) is 0 Å². The summed E-state index contributed by atoms with van der Waals surface area (Å²) in [6.45, 7) is 13.1. The Morgan fingerprint density at radius 2 is 1.91 bits per heavy atom. The zero-order chi connectivity index (χ0) is 23.2. The fourth-order valence-corrected chi connectivity index (χ4v) is 3.79. The number of nitrogens with zero attached hydrogens (tertiary/aromatic N) is 2. The second-order valence-electron chi connectivity index (χ2n) is 8.22. The minimum atomic E-state index is 0.445. The van der Waals surface area contributed by atoms with Crippen molar-refractivity contribution in [3.05, 3.63) is 71.6 Å². The molecule has 1 heterocycles. The molecule has 1 aromatic carbocycles. The highest BCUT2D eigenvalue weighted by Crippen LogP contribution is 2.25. The molecule has 3 rings (SSSR count). The summed E-state index contributed by atoms with van der Waals surface area (Å²) in [5.74, 6) is 0.445. The first-order valence-corrected chi connectivity index (χ1v) is 12.1. The molecular weight excluding hydrogens is 394 g/mol. The van der Waals surface area contributed by atoms with Crippen LogP contribution in [0.2, 0.25) is 0 Å². The molecule has 174 valence electrons. The van der Waals surface area contributed by atoms with Gasteiger partial charge in [0.1, 0.15) is 5.84 Å². The molecule has 5 nitrogen and oxygen atoms in total. The lowest BCUT2D eigenvalue weighted by Gasteiger charge is -2.11. The Labute approximate surface area is 194 Å². The van der Waals surface area contributed by atoms with E-state index in [-0.39, 0.29) is 0 Å². The summed E-state index contributed by atoms with van der Waals surface area (Å²) >= 11 is 0. The number of allylic oxidation sites excluding steroid dienone is 3. The van der Waals surface area contributed by atoms with Gasteiger partial charge in [0, 0.05) is 24.5 Å². The maximum Gasteiger partial charge on any atom is 0.146 e. The van der Waals surface area contributed by atoms with Crippen LogP contribution in [0.3, 0.4) is 0 Å². The first-order valence-electron chi connectivity index (χ1n) is 12.1. The Hall–Kier alpha value is -2.66. The molecule has 1 aromatic heterocycles. The largest absolute Gasteiger partial charge is 0.384 e. The van der Waals surface area contributed by atoms with Gasteiger partial charge >= 0.3 is 0 Å². The molecule has 0 bridgehead atoms. The molecule has 32 heavy (non-hydrogen) atoms. The summed E-state index contributed by atoms with van der Waals surface area (Å²) in [7, 11) is 0. The number of benzene rings is 1. The Bertz CT molecular complexity index is 861. The summed E-state index contributed by atoms with van der Waals surface area (Å²) in [6.07, 6.45) is 13.3. The quantitative estimate of drug-likeness (QED) is 0.194. The maximum atomic E-state index is 8.16. The number of hydrogen-bond acceptors (Lipinski definition) is 4. The predicted molar refractivity (Wildman–Crippen MR) is 138 cm³/mol. The molecule has 0 radical (unpaired) electrons. The van der Waals surface area contributed by atoms with E-state index in [1.54, 1.807) is 18.2 Å². The highest BCUT2D eigenvalue weighted by Gasteiger charge is 2.21. The topological polar surface area (TPSA) is 65.7 Å². The van der Waals surface area contributed by atoms with E-state index in [2.05, 4.69) is 67.3 Å². The molecule has 0 aliphatic heterocycles. The van der Waals surface area contributed by atoms with Crippen LogP contribution in [-0.4, -0.2) is 35.3 Å². The number of likely N-dealkylation sites (N-methyl/N-ethyl adjacent to an activating group) is 1. The summed E-state index contributed by atoms with van der Waals surface area (Å²) < 4.78 is 1.84. The molecule has 0 saturated heterocycles. The van der Waals surface area contributed by atoms with Crippen molar-refractivity contribution < 1.29 is 0 Å². The molecule has 0 saturated carbocycles. The summed E-state index contributed by atoms with van der Waals surface area (Å²) in [5, 5.41) is 19.4. The van der Waals surface area contributed by atoms with E-state index >= 15 is 0 Å². The number of aromatic nitrogens is 2. The zero-order valence-corrected chi connectivity index (χ0v) is 20.2. The van der Waals surface area contributed by atoms with E-state index in [0.29, 0.717) is 5.84 Å². The molecule has 0 amide bonds. The second-order valence-corrected chi connectivity index (χ2v) is 8.22. The van der Waals surface area contributed by atoms with Gasteiger partial charge in [0.25, 0.3) is 0 Å². The van der Waals surface area contributed by atoms with Crippen LogP contribution < -0.4 is 10.6 Å². The highest BCUT2D eigenvalue weighted by molar-refractivity contribution is 5.92. The van der Waals surface area contributed by atoms with Crippen LogP contribution in [0.1, 0.15) is 62.0 Å². The van der Waals surface area contributed by atoms with E-state index in [1.807, 2.05) is 4.68 Å². The first-order chi connectivity index (χ1) is 15.6. The summed E-state index contributed by atoms with van der Waals surface area (Å²) in [6, 6.07) is 8.47. The van der Waals surface area contributed by atoms with E-state index in [9.17, 15) is 0 Å². The second kappa shape index (κ2) is 14.4. The van der Waals surface area contributed by atoms with Crippen LogP contribution >= 0.6 is 0 Å². The molecule has 1 aliphatic rings. The van der Waals surface area contributed by atoms with Crippen molar-refractivity contribution >= 4 is 11.5 Å². The van der Waals surface area contributed by atoms with Crippen molar-refractivity contribution in [2.45, 2.75) is 65.7 Å². The van der Waals surface area contributed by atoms with Crippen LogP contribution in [0.5, 0.6) is 0 Å². The number of rotatable bonds is 10. The average molecular weight is 436 g/mol. The zero-order valence-electron chi connectivity index (χ0n) is 20.2. The highest BCUT2D eigenvalue weighted by atomic mass is 15.3. The lowest BCUT2D eigenvalue weighted by molar-refractivity contribution is 0.669. The lowest BCUT2D eigenvalue weighted by Crippen LogP contribution is -2.21. The summed E-state index contributed by atoms with van der Waals surface area (Å²) in [5.41, 5.74) is 6.39. The van der Waals surface area contributed by atoms with Gasteiger partial charge in [-0.25, -0.2) is 4.68 Å². The summed E-state index contributed by atoms with van der Waals surface area (Å²) in [4.78, 5) is 0. The van der Waals surface area contributed by atoms with Crippen molar-refractivity contribution in [3.8, 4) is 0 Å². The molecule has 2 aromatic rings. The van der Waals surface area contributed by atoms with Crippen LogP contribution in [0.25, 0.3) is 0 Å². The fraction of sp³-hybridized carbons (Fsp3) is 0.481. The van der Waals surface area contributed by atoms with E-state index in [0.717, 1.165) is 45.3 Å². The lowest BCUT2D eigenvalue weighted by atomic mass is 9.94. The normalized spacial score (nSPS) is 12.7. The maximum absolute atomic E-state index is 8.16. The fourth-order valence-electron chi connectivity index (χ4n) is 3.79. The van der Waals surface area contributed by atoms with E-state index in [1.165, 1.54) is 47.5 Å². The van der Waals surface area contributed by atoms with Gasteiger partial charge in [0.2, 0.25) is 0 Å². The minimum absolute atomic E-state index is 0.445. The molecule has 0 unspecified atom stereocenters. The first kappa shape index (κ1) is 25.6. The van der Waals surface area contributed by atoms with Crippen molar-refractivity contribution in [1.82, 2.24) is 15.1 Å². The third kappa shape index (κ3) is 8.12. The molecule has 0 spiro atoms. The molecule has 3 N–H and O–H groups in total. The van der Waals surface area contributed by atoms with E-state index in [4.69, 9.17) is 5.41 Å². The number of unbranched alkanes of at least 4 members (excludes halogenated alkanes) is 1. The van der Waals surface area contributed by atoms with Gasteiger partial charge in [-0.3, -0.25) is 5.41 Å². The van der Waals surface area contributed by atoms with Gasteiger partial charge in [-0.2, -0.15) is 5.10 Å². The van der Waals surface area contributed by atoms with Crippen molar-refractivity contribution in [3.63, 3.8) is 0 Å². The number of nitrogens with one attached hydrogen (secondary N) is 3. The molecule has 1 aliphatic carbocycles. The number of fused-ring (bicyclic) bond motifs is 1. The SMILES string of the molecule is C=C/C=C\C(=N)n1nc2c(c1CCCC)CCCC2.CCNCCNc1ccc(C)cc1. The average Bonchev–Trinajstić information content (AvgIpc) is 3.19. The third-order valence-corrected chi connectivity index (χ3v) is 5.58. The Morgan fingerprint density at radius 1 is 1.16 bits per heavy atom. The number of anilines is 1. The van der Waals surface area contributed by atoms with Gasteiger partial charge < -0.3 is 10.6 Å². The van der Waals surface area contributed by atoms with Crippen LogP contribution in [0.15, 0.2) is 49.1 Å². The standard InChI is InChI=1S/C16H23N3.C11H18N2/c1-3-5-11-15-13-9-7-8-10-14(13)18-19(15)16(17)12-6-4-2;1-3-12-8-9-13-11-6-4-10(2)5-7-11/h4,6,12,17H,2-3,5,7-11H2,1H3;4-7,12-13H,3,8-9H2,1-2H3/b12-6-,17-16?;. The molecular formula is C27H41N5. The van der Waals surface area contributed by atoms with Crippen LogP contribution in [-0.2, 0) is 19.3 Å². The van der Waals surface area contributed by atoms with Gasteiger partial charge in [0.05, 0.1) is 5.69 Å². The molecule has 5 heteroatoms. The van der Waals surface area contributed by atoms with Crippen LogP contribution in [0.4, 0.5) is 5.69 Å². The van der Waals surface area contributed by atoms with Crippen molar-refractivity contribution in [1.29, 1.82) is 5.41 Å². The van der Waals surface area contributed by atoms with E-state index < -0.39 is 0 Å². The Kier molecular flexibility index (Phi) is 11.5. The van der Waals surface area contributed by atoms with Crippen molar-refractivity contribution in [2.75, 3.05) is 25.0 Å². The van der Waals surface area contributed by atoms with Gasteiger partial charge in [0.15, 0.2) is 0 Å². The number of hydrogen-bond donors (Lipinski definition) is 3. The molecule has 0 fully saturated rings. The third-order valence-electron chi connectivity index (χ3n) is 5.58. The predicted octanol–water partition coefficient (Wildman–Crippen LogP) is 5.69. The smallest absolute Gasteiger partial charge is 0.146 e. The minimum Gasteiger partial charge on any atom is -0.384 e. The Morgan fingerprint density at radius 3 is 2.59 bits per heavy atom. The van der Waals surface area contributed by atoms with Gasteiger partial charge in [-0.1, -0.05) is 56.7 Å². The molecule has 0 atom stereocenters.